The third kappa shape index (κ3) is 4.10. The van der Waals surface area contributed by atoms with E-state index < -0.39 is 17.5 Å². The minimum absolute atomic E-state index is 0.0864. The van der Waals surface area contributed by atoms with Gasteiger partial charge < -0.3 is 10.1 Å². The van der Waals surface area contributed by atoms with Crippen LogP contribution < -0.4 is 10.1 Å². The molecule has 2 aromatic carbocycles. The second kappa shape index (κ2) is 9.33. The van der Waals surface area contributed by atoms with Crippen molar-refractivity contribution >= 4 is 21.4 Å². The molecule has 0 amide bonds. The normalized spacial score (nSPS) is 13.1. The van der Waals surface area contributed by atoms with E-state index in [4.69, 9.17) is 4.74 Å². The van der Waals surface area contributed by atoms with Crippen LogP contribution in [0.15, 0.2) is 60.1 Å². The van der Waals surface area contributed by atoms with Crippen molar-refractivity contribution < 1.29 is 17.9 Å². The molecule has 0 atom stereocenters. The Morgan fingerprint density at radius 1 is 0.944 bits per heavy atom. The third-order valence-corrected chi connectivity index (χ3v) is 7.17. The molecule has 0 radical (unpaired) electrons. The van der Waals surface area contributed by atoms with E-state index in [0.717, 1.165) is 30.6 Å². The van der Waals surface area contributed by atoms with Crippen molar-refractivity contribution in [2.75, 3.05) is 6.54 Å². The molecule has 6 rings (SSSR count). The second-order valence-corrected chi connectivity index (χ2v) is 9.34. The number of ether oxygens (including phenoxy) is 1. The Morgan fingerprint density at radius 3 is 2.72 bits per heavy atom. The molecule has 0 saturated carbocycles. The number of benzene rings is 2. The van der Waals surface area contributed by atoms with E-state index >= 15 is 4.39 Å². The average Bonchev–Trinajstić information content (AvgIpc) is 3.29. The Morgan fingerprint density at radius 2 is 1.83 bits per heavy atom. The Balaban J connectivity index is 1.44. The molecule has 5 nitrogen and oxygen atoms in total. The fourth-order valence-electron chi connectivity index (χ4n) is 4.42. The van der Waals surface area contributed by atoms with Crippen molar-refractivity contribution in [3.05, 3.63) is 94.4 Å². The van der Waals surface area contributed by atoms with Crippen LogP contribution in [0.4, 0.5) is 13.2 Å². The molecular weight excluding hydrogens is 485 g/mol. The number of pyridine rings is 1. The first kappa shape index (κ1) is 22.6. The third-order valence-electron chi connectivity index (χ3n) is 6.21. The molecule has 9 heteroatoms. The summed E-state index contributed by atoms with van der Waals surface area (Å²) in [6.07, 6.45) is 2.39. The minimum Gasteiger partial charge on any atom is -0.486 e. The number of aromatic nitrogens is 3. The van der Waals surface area contributed by atoms with Gasteiger partial charge in [0.2, 0.25) is 0 Å². The Hall–Kier alpha value is -3.82. The molecule has 4 heterocycles. The number of thiophene rings is 1. The molecule has 0 unspecified atom stereocenters. The number of hydrogen-bond donors (Lipinski definition) is 1. The van der Waals surface area contributed by atoms with Gasteiger partial charge in [-0.3, -0.25) is 4.98 Å². The summed E-state index contributed by atoms with van der Waals surface area (Å²) in [4.78, 5) is 3.97. The molecule has 0 bridgehead atoms. The zero-order valence-electron chi connectivity index (χ0n) is 18.9. The molecule has 3 aromatic heterocycles. The van der Waals surface area contributed by atoms with Crippen molar-refractivity contribution in [3.8, 4) is 28.3 Å². The standard InChI is InChI=1S/C27H19F3N4OS/c28-18-5-6-19(23(11-18)35-13-22-20(29)2-1-8-32-22)26-27-24(21(30)14-36-27)25(33-34-26)16-4-3-15-7-9-31-12-17(15)10-16/h1-6,8,10-11,14,31H,7,9,12-13H2. The van der Waals surface area contributed by atoms with Gasteiger partial charge in [0.1, 0.15) is 46.9 Å². The highest BCUT2D eigenvalue weighted by atomic mass is 32.1. The van der Waals surface area contributed by atoms with Crippen LogP contribution in [0.5, 0.6) is 5.75 Å². The predicted molar refractivity (Wildman–Crippen MR) is 132 cm³/mol. The average molecular weight is 505 g/mol. The van der Waals surface area contributed by atoms with E-state index in [0.29, 0.717) is 27.0 Å². The van der Waals surface area contributed by atoms with Gasteiger partial charge in [0.05, 0.1) is 10.1 Å². The lowest BCUT2D eigenvalue weighted by atomic mass is 9.96. The maximum atomic E-state index is 15.1. The molecular formula is C27H19F3N4OS. The molecule has 1 N–H and O–H groups in total. The van der Waals surface area contributed by atoms with Crippen LogP contribution in [0.1, 0.15) is 16.8 Å². The Bertz CT molecular complexity index is 1600. The summed E-state index contributed by atoms with van der Waals surface area (Å²) < 4.78 is 49.6. The molecule has 5 aromatic rings. The fourth-order valence-corrected chi connectivity index (χ4v) is 5.33. The van der Waals surface area contributed by atoms with Crippen LogP contribution in [-0.4, -0.2) is 21.7 Å². The van der Waals surface area contributed by atoms with Gasteiger partial charge in [-0.2, -0.15) is 0 Å². The highest BCUT2D eigenvalue weighted by molar-refractivity contribution is 7.17. The van der Waals surface area contributed by atoms with Crippen LogP contribution in [0.25, 0.3) is 32.6 Å². The maximum absolute atomic E-state index is 15.1. The number of halogens is 3. The van der Waals surface area contributed by atoms with Crippen LogP contribution in [0.3, 0.4) is 0 Å². The lowest BCUT2D eigenvalue weighted by Gasteiger charge is -2.18. The first-order chi connectivity index (χ1) is 17.6. The summed E-state index contributed by atoms with van der Waals surface area (Å²) in [5.41, 5.74) is 4.52. The van der Waals surface area contributed by atoms with Gasteiger partial charge in [0.15, 0.2) is 0 Å². The molecule has 1 aliphatic rings. The lowest BCUT2D eigenvalue weighted by molar-refractivity contribution is 0.294. The number of rotatable bonds is 5. The molecule has 0 fully saturated rings. The lowest BCUT2D eigenvalue weighted by Crippen LogP contribution is -2.23. The van der Waals surface area contributed by atoms with Gasteiger partial charge in [-0.15, -0.1) is 21.5 Å². The van der Waals surface area contributed by atoms with Gasteiger partial charge in [0.25, 0.3) is 0 Å². The summed E-state index contributed by atoms with van der Waals surface area (Å²) >= 11 is 1.19. The van der Waals surface area contributed by atoms with Crippen molar-refractivity contribution in [1.82, 2.24) is 20.5 Å². The van der Waals surface area contributed by atoms with E-state index in [-0.39, 0.29) is 18.1 Å². The summed E-state index contributed by atoms with van der Waals surface area (Å²) in [5.74, 6) is -1.33. The molecule has 0 aliphatic carbocycles. The zero-order chi connectivity index (χ0) is 24.6. The highest BCUT2D eigenvalue weighted by Crippen LogP contribution is 2.41. The fraction of sp³-hybridized carbons (Fsp3) is 0.148. The number of nitrogens with one attached hydrogen (secondary N) is 1. The van der Waals surface area contributed by atoms with Crippen molar-refractivity contribution in [3.63, 3.8) is 0 Å². The number of hydrogen-bond acceptors (Lipinski definition) is 6. The van der Waals surface area contributed by atoms with Crippen molar-refractivity contribution in [2.24, 2.45) is 0 Å². The number of fused-ring (bicyclic) bond motifs is 2. The first-order valence-electron chi connectivity index (χ1n) is 11.4. The van der Waals surface area contributed by atoms with Crippen molar-refractivity contribution in [1.29, 1.82) is 0 Å². The van der Waals surface area contributed by atoms with E-state index in [1.54, 1.807) is 0 Å². The zero-order valence-corrected chi connectivity index (χ0v) is 19.7. The number of nitrogens with zero attached hydrogens (tertiary/aromatic N) is 3. The Labute approximate surface area is 208 Å². The monoisotopic (exact) mass is 504 g/mol. The van der Waals surface area contributed by atoms with E-state index in [1.807, 2.05) is 12.1 Å². The van der Waals surface area contributed by atoms with Gasteiger partial charge >= 0.3 is 0 Å². The molecule has 36 heavy (non-hydrogen) atoms. The maximum Gasteiger partial charge on any atom is 0.148 e. The Kier molecular flexibility index (Phi) is 5.86. The van der Waals surface area contributed by atoms with Crippen molar-refractivity contribution in [2.45, 2.75) is 19.6 Å². The van der Waals surface area contributed by atoms with Gasteiger partial charge in [-0.1, -0.05) is 12.1 Å². The van der Waals surface area contributed by atoms with E-state index in [1.165, 1.54) is 58.8 Å². The highest BCUT2D eigenvalue weighted by Gasteiger charge is 2.22. The van der Waals surface area contributed by atoms with E-state index in [9.17, 15) is 8.78 Å². The largest absolute Gasteiger partial charge is 0.486 e. The summed E-state index contributed by atoms with van der Waals surface area (Å²) in [7, 11) is 0. The second-order valence-electron chi connectivity index (χ2n) is 8.46. The van der Waals surface area contributed by atoms with E-state index in [2.05, 4.69) is 26.6 Å². The topological polar surface area (TPSA) is 59.9 Å². The molecule has 0 saturated heterocycles. The predicted octanol–water partition coefficient (Wildman–Crippen LogP) is 6.06. The van der Waals surface area contributed by atoms with Crippen LogP contribution in [0.2, 0.25) is 0 Å². The minimum atomic E-state index is -0.531. The summed E-state index contributed by atoms with van der Waals surface area (Å²) in [5, 5.41) is 13.9. The quantitative estimate of drug-likeness (QED) is 0.315. The molecule has 0 spiro atoms. The molecule has 1 aliphatic heterocycles. The smallest absolute Gasteiger partial charge is 0.148 e. The van der Waals surface area contributed by atoms with Gasteiger partial charge in [-0.25, -0.2) is 13.2 Å². The van der Waals surface area contributed by atoms with Crippen LogP contribution >= 0.6 is 11.3 Å². The van der Waals surface area contributed by atoms with Gasteiger partial charge in [0, 0.05) is 35.3 Å². The summed E-state index contributed by atoms with van der Waals surface area (Å²) in [6, 6.07) is 12.7. The van der Waals surface area contributed by atoms with Gasteiger partial charge in [-0.05, 0) is 54.4 Å². The van der Waals surface area contributed by atoms with Crippen LogP contribution in [-0.2, 0) is 19.6 Å². The first-order valence-corrected chi connectivity index (χ1v) is 12.2. The SMILES string of the molecule is Fc1ccc(-c2nnc(-c3ccc4c(c3)CNCC4)c3c(F)csc23)c(OCc2ncccc2F)c1. The van der Waals surface area contributed by atoms with Crippen LogP contribution in [0, 0.1) is 17.5 Å². The summed E-state index contributed by atoms with van der Waals surface area (Å²) in [6.45, 7) is 1.47. The molecule has 180 valence electrons.